The number of morpholine rings is 1. The van der Waals surface area contributed by atoms with Crippen molar-refractivity contribution in [3.8, 4) is 0 Å². The number of hydrogen-bond acceptors (Lipinski definition) is 3. The third-order valence-electron chi connectivity index (χ3n) is 2.94. The molecule has 0 spiro atoms. The van der Waals surface area contributed by atoms with E-state index >= 15 is 0 Å². The minimum atomic E-state index is 0.860. The second kappa shape index (κ2) is 4.77. The molecule has 2 rings (SSSR count). The van der Waals surface area contributed by atoms with Crippen LogP contribution in [0, 0.1) is 6.92 Å². The van der Waals surface area contributed by atoms with Gasteiger partial charge in [0.1, 0.15) is 5.82 Å². The predicted molar refractivity (Wildman–Crippen MR) is 58.7 cm³/mol. The minimum absolute atomic E-state index is 0.860. The van der Waals surface area contributed by atoms with Gasteiger partial charge < -0.3 is 9.30 Å². The summed E-state index contributed by atoms with van der Waals surface area (Å²) in [5, 5.41) is 0. The average Bonchev–Trinajstić information content (AvgIpc) is 2.61. The summed E-state index contributed by atoms with van der Waals surface area (Å²) >= 11 is 0. The second-order valence-electron chi connectivity index (χ2n) is 3.93. The molecule has 1 aliphatic heterocycles. The van der Waals surface area contributed by atoms with Crippen molar-refractivity contribution in [1.29, 1.82) is 0 Å². The van der Waals surface area contributed by atoms with E-state index in [-0.39, 0.29) is 0 Å². The Labute approximate surface area is 90.9 Å². The first-order valence-electron chi connectivity index (χ1n) is 5.62. The summed E-state index contributed by atoms with van der Waals surface area (Å²) in [6.07, 6.45) is 1.99. The highest BCUT2D eigenvalue weighted by molar-refractivity contribution is 5.04. The number of aromatic nitrogens is 2. The van der Waals surface area contributed by atoms with E-state index in [1.807, 2.05) is 6.20 Å². The molecule has 4 heteroatoms. The van der Waals surface area contributed by atoms with E-state index < -0.39 is 0 Å². The van der Waals surface area contributed by atoms with Crippen molar-refractivity contribution < 1.29 is 4.74 Å². The molecule has 1 fully saturated rings. The van der Waals surface area contributed by atoms with Gasteiger partial charge in [0.2, 0.25) is 0 Å². The highest BCUT2D eigenvalue weighted by atomic mass is 16.5. The molecule has 0 unspecified atom stereocenters. The monoisotopic (exact) mass is 209 g/mol. The lowest BCUT2D eigenvalue weighted by molar-refractivity contribution is 0.0332. The molecule has 1 aromatic heterocycles. The maximum Gasteiger partial charge on any atom is 0.105 e. The zero-order valence-corrected chi connectivity index (χ0v) is 9.57. The lowest BCUT2D eigenvalue weighted by atomic mass is 10.3. The van der Waals surface area contributed by atoms with Crippen LogP contribution in [0.15, 0.2) is 6.20 Å². The molecule has 15 heavy (non-hydrogen) atoms. The normalized spacial score (nSPS) is 18.3. The third-order valence-corrected chi connectivity index (χ3v) is 2.94. The summed E-state index contributed by atoms with van der Waals surface area (Å²) in [6, 6.07) is 0. The molecule has 1 saturated heterocycles. The van der Waals surface area contributed by atoms with Crippen molar-refractivity contribution in [2.24, 2.45) is 0 Å². The van der Waals surface area contributed by atoms with Crippen LogP contribution in [0.1, 0.15) is 18.4 Å². The van der Waals surface area contributed by atoms with Gasteiger partial charge in [-0.3, -0.25) is 4.90 Å². The maximum absolute atomic E-state index is 5.34. The number of rotatable bonds is 3. The molecular formula is C11H19N3O. The van der Waals surface area contributed by atoms with Crippen molar-refractivity contribution >= 4 is 0 Å². The van der Waals surface area contributed by atoms with Crippen molar-refractivity contribution in [3.05, 3.63) is 17.7 Å². The van der Waals surface area contributed by atoms with Crippen LogP contribution in [0.25, 0.3) is 0 Å². The van der Waals surface area contributed by atoms with Crippen LogP contribution in [0.3, 0.4) is 0 Å². The summed E-state index contributed by atoms with van der Waals surface area (Å²) in [5.41, 5.74) is 1.32. The summed E-state index contributed by atoms with van der Waals surface area (Å²) < 4.78 is 7.61. The fourth-order valence-corrected chi connectivity index (χ4v) is 2.06. The smallest absolute Gasteiger partial charge is 0.105 e. The van der Waals surface area contributed by atoms with Crippen molar-refractivity contribution in [2.45, 2.75) is 26.9 Å². The van der Waals surface area contributed by atoms with E-state index in [4.69, 9.17) is 4.74 Å². The Hall–Kier alpha value is -0.870. The van der Waals surface area contributed by atoms with Gasteiger partial charge in [0.25, 0.3) is 0 Å². The lowest BCUT2D eigenvalue weighted by Gasteiger charge is -2.26. The summed E-state index contributed by atoms with van der Waals surface area (Å²) in [7, 11) is 0. The van der Waals surface area contributed by atoms with Crippen LogP contribution < -0.4 is 0 Å². The predicted octanol–water partition coefficient (Wildman–Crippen LogP) is 1.04. The summed E-state index contributed by atoms with van der Waals surface area (Å²) in [4.78, 5) is 6.78. The van der Waals surface area contributed by atoms with Gasteiger partial charge in [0.05, 0.1) is 18.9 Å². The summed E-state index contributed by atoms with van der Waals surface area (Å²) in [6.45, 7) is 10.0. The van der Waals surface area contributed by atoms with E-state index in [1.54, 1.807) is 0 Å². The third kappa shape index (κ3) is 2.38. The van der Waals surface area contributed by atoms with Gasteiger partial charge in [-0.05, 0) is 13.8 Å². The van der Waals surface area contributed by atoms with Crippen LogP contribution in [0.5, 0.6) is 0 Å². The van der Waals surface area contributed by atoms with Gasteiger partial charge >= 0.3 is 0 Å². The van der Waals surface area contributed by atoms with Gasteiger partial charge in [0, 0.05) is 32.4 Å². The van der Waals surface area contributed by atoms with Crippen LogP contribution in [-0.2, 0) is 17.8 Å². The number of imidazole rings is 1. The number of ether oxygens (including phenoxy) is 1. The van der Waals surface area contributed by atoms with E-state index in [0.29, 0.717) is 0 Å². The molecule has 0 aromatic carbocycles. The Morgan fingerprint density at radius 3 is 2.80 bits per heavy atom. The van der Waals surface area contributed by atoms with Gasteiger partial charge in [-0.1, -0.05) is 0 Å². The molecule has 0 saturated carbocycles. The first kappa shape index (κ1) is 10.6. The summed E-state index contributed by atoms with van der Waals surface area (Å²) in [5.74, 6) is 1.11. The SMILES string of the molecule is CCn1c(CN2CCOCC2)cnc1C. The largest absolute Gasteiger partial charge is 0.379 e. The maximum atomic E-state index is 5.34. The molecule has 84 valence electrons. The molecule has 2 heterocycles. The van der Waals surface area contributed by atoms with Crippen LogP contribution >= 0.6 is 0 Å². The van der Waals surface area contributed by atoms with Gasteiger partial charge in [0.15, 0.2) is 0 Å². The molecule has 1 aromatic rings. The van der Waals surface area contributed by atoms with Crippen LogP contribution in [-0.4, -0.2) is 40.8 Å². The Balaban J connectivity index is 2.02. The lowest BCUT2D eigenvalue weighted by Crippen LogP contribution is -2.36. The molecule has 0 atom stereocenters. The Morgan fingerprint density at radius 2 is 2.13 bits per heavy atom. The van der Waals surface area contributed by atoms with Crippen molar-refractivity contribution in [1.82, 2.24) is 14.5 Å². The Bertz CT molecular complexity index is 316. The zero-order chi connectivity index (χ0) is 10.7. The fourth-order valence-electron chi connectivity index (χ4n) is 2.06. The molecule has 0 amide bonds. The minimum Gasteiger partial charge on any atom is -0.379 e. The standard InChI is InChI=1S/C11H19N3O/c1-3-14-10(2)12-8-11(14)9-13-4-6-15-7-5-13/h8H,3-7,9H2,1-2H3. The second-order valence-corrected chi connectivity index (χ2v) is 3.93. The number of nitrogens with zero attached hydrogens (tertiary/aromatic N) is 3. The van der Waals surface area contributed by atoms with E-state index in [2.05, 4.69) is 28.3 Å². The average molecular weight is 209 g/mol. The highest BCUT2D eigenvalue weighted by Gasteiger charge is 2.13. The first-order chi connectivity index (χ1) is 7.31. The van der Waals surface area contributed by atoms with E-state index in [1.165, 1.54) is 5.69 Å². The topological polar surface area (TPSA) is 30.3 Å². The van der Waals surface area contributed by atoms with Crippen molar-refractivity contribution in [2.75, 3.05) is 26.3 Å². The van der Waals surface area contributed by atoms with Gasteiger partial charge in [-0.25, -0.2) is 4.98 Å². The van der Waals surface area contributed by atoms with Gasteiger partial charge in [-0.15, -0.1) is 0 Å². The number of aryl methyl sites for hydroxylation is 1. The van der Waals surface area contributed by atoms with Crippen molar-refractivity contribution in [3.63, 3.8) is 0 Å². The molecule has 1 aliphatic rings. The molecule has 0 radical (unpaired) electrons. The zero-order valence-electron chi connectivity index (χ0n) is 9.57. The Kier molecular flexibility index (Phi) is 3.38. The molecule has 0 bridgehead atoms. The molecule has 0 N–H and O–H groups in total. The molecule has 0 aliphatic carbocycles. The molecular weight excluding hydrogens is 190 g/mol. The quantitative estimate of drug-likeness (QED) is 0.745. The van der Waals surface area contributed by atoms with Crippen LogP contribution in [0.2, 0.25) is 0 Å². The van der Waals surface area contributed by atoms with E-state index in [9.17, 15) is 0 Å². The number of hydrogen-bond donors (Lipinski definition) is 0. The van der Waals surface area contributed by atoms with Gasteiger partial charge in [-0.2, -0.15) is 0 Å². The Morgan fingerprint density at radius 1 is 1.40 bits per heavy atom. The fraction of sp³-hybridized carbons (Fsp3) is 0.727. The highest BCUT2D eigenvalue weighted by Crippen LogP contribution is 2.09. The van der Waals surface area contributed by atoms with E-state index in [0.717, 1.165) is 45.2 Å². The first-order valence-corrected chi connectivity index (χ1v) is 5.62. The van der Waals surface area contributed by atoms with Crippen LogP contribution in [0.4, 0.5) is 0 Å². The molecule has 4 nitrogen and oxygen atoms in total.